The molecule has 0 saturated carbocycles. The number of rotatable bonds is 0. The number of nitrogens with two attached hydrogens (primary N) is 1. The van der Waals surface area contributed by atoms with E-state index in [1.807, 2.05) is 0 Å². The van der Waals surface area contributed by atoms with Gasteiger partial charge in [-0.25, -0.2) is 9.18 Å². The average Bonchev–Trinajstić information content (AvgIpc) is 2.06. The van der Waals surface area contributed by atoms with Crippen molar-refractivity contribution in [3.8, 4) is 0 Å². The van der Waals surface area contributed by atoms with Crippen LogP contribution in [0.15, 0.2) is 0 Å². The van der Waals surface area contributed by atoms with Crippen molar-refractivity contribution in [3.05, 3.63) is 0 Å². The average molecular weight is 232 g/mol. The van der Waals surface area contributed by atoms with E-state index in [4.69, 9.17) is 10.5 Å². The number of amides is 1. The molecule has 2 atom stereocenters. The van der Waals surface area contributed by atoms with Gasteiger partial charge in [-0.3, -0.25) is 0 Å². The Morgan fingerprint density at radius 3 is 2.56 bits per heavy atom. The molecule has 1 amide bonds. The van der Waals surface area contributed by atoms with Crippen molar-refractivity contribution >= 4 is 6.09 Å². The summed E-state index contributed by atoms with van der Waals surface area (Å²) in [5, 5.41) is 0. The van der Waals surface area contributed by atoms with E-state index in [2.05, 4.69) is 0 Å². The first-order chi connectivity index (χ1) is 7.12. The van der Waals surface area contributed by atoms with Gasteiger partial charge in [-0.1, -0.05) is 0 Å². The minimum atomic E-state index is -1.20. The lowest BCUT2D eigenvalue weighted by molar-refractivity contribution is 0.00322. The van der Waals surface area contributed by atoms with Crippen LogP contribution in [0.5, 0.6) is 0 Å². The Labute approximate surface area is 95.9 Å². The van der Waals surface area contributed by atoms with Crippen LogP contribution in [0.3, 0.4) is 0 Å². The van der Waals surface area contributed by atoms with Crippen LogP contribution in [-0.2, 0) is 4.74 Å². The number of alkyl halides is 1. The molecule has 0 spiro atoms. The normalized spacial score (nSPS) is 31.4. The fourth-order valence-electron chi connectivity index (χ4n) is 1.52. The van der Waals surface area contributed by atoms with Crippen molar-refractivity contribution in [2.75, 3.05) is 13.1 Å². The lowest BCUT2D eigenvalue weighted by Crippen LogP contribution is -2.58. The zero-order chi connectivity index (χ0) is 12.6. The van der Waals surface area contributed by atoms with Crippen molar-refractivity contribution < 1.29 is 13.9 Å². The van der Waals surface area contributed by atoms with Crippen molar-refractivity contribution in [2.45, 2.75) is 51.4 Å². The van der Waals surface area contributed by atoms with Gasteiger partial charge in [0.15, 0.2) is 0 Å². The quantitative estimate of drug-likeness (QED) is 0.691. The Balaban J connectivity index is 2.55. The van der Waals surface area contributed by atoms with E-state index < -0.39 is 23.4 Å². The highest BCUT2D eigenvalue weighted by Crippen LogP contribution is 2.23. The molecule has 1 aliphatic heterocycles. The zero-order valence-electron chi connectivity index (χ0n) is 10.4. The van der Waals surface area contributed by atoms with Gasteiger partial charge in [-0.15, -0.1) is 0 Å². The SMILES string of the molecule is CC(C)(C)OC(=O)N1CCC(C)(N)C(F)C1. The summed E-state index contributed by atoms with van der Waals surface area (Å²) in [5.74, 6) is 0. The van der Waals surface area contributed by atoms with Crippen LogP contribution in [0.2, 0.25) is 0 Å². The third-order valence-electron chi connectivity index (χ3n) is 2.67. The summed E-state index contributed by atoms with van der Waals surface area (Å²) in [6, 6.07) is 0. The van der Waals surface area contributed by atoms with Gasteiger partial charge < -0.3 is 15.4 Å². The van der Waals surface area contributed by atoms with Crippen LogP contribution in [0.25, 0.3) is 0 Å². The van der Waals surface area contributed by atoms with Gasteiger partial charge in [0.2, 0.25) is 0 Å². The standard InChI is InChI=1S/C11H21FN2O2/c1-10(2,3)16-9(15)14-6-5-11(4,13)8(12)7-14/h8H,5-7,13H2,1-4H3. The topological polar surface area (TPSA) is 55.6 Å². The van der Waals surface area contributed by atoms with Gasteiger partial charge in [-0.2, -0.15) is 0 Å². The first kappa shape index (κ1) is 13.2. The molecule has 1 saturated heterocycles. The van der Waals surface area contributed by atoms with Crippen LogP contribution >= 0.6 is 0 Å². The largest absolute Gasteiger partial charge is 0.444 e. The summed E-state index contributed by atoms with van der Waals surface area (Å²) in [7, 11) is 0. The number of hydrogen-bond donors (Lipinski definition) is 1. The van der Waals surface area contributed by atoms with E-state index in [0.717, 1.165) is 0 Å². The Hall–Kier alpha value is -0.840. The Kier molecular flexibility index (Phi) is 3.47. The predicted octanol–water partition coefficient (Wildman–Crippen LogP) is 1.68. The number of piperidine rings is 1. The number of hydrogen-bond acceptors (Lipinski definition) is 3. The maximum atomic E-state index is 13.6. The Bertz CT molecular complexity index is 274. The summed E-state index contributed by atoms with van der Waals surface area (Å²) in [6.07, 6.45) is -1.22. The van der Waals surface area contributed by atoms with Crippen molar-refractivity contribution in [3.63, 3.8) is 0 Å². The number of carbonyl (C=O) groups is 1. The third kappa shape index (κ3) is 3.33. The van der Waals surface area contributed by atoms with E-state index in [0.29, 0.717) is 13.0 Å². The summed E-state index contributed by atoms with van der Waals surface area (Å²) < 4.78 is 18.8. The molecule has 1 aliphatic rings. The third-order valence-corrected chi connectivity index (χ3v) is 2.67. The van der Waals surface area contributed by atoms with Gasteiger partial charge in [0, 0.05) is 12.1 Å². The second kappa shape index (κ2) is 4.20. The summed E-state index contributed by atoms with van der Waals surface area (Å²) in [4.78, 5) is 13.0. The molecule has 0 radical (unpaired) electrons. The van der Waals surface area contributed by atoms with E-state index in [1.54, 1.807) is 27.7 Å². The Morgan fingerprint density at radius 2 is 2.12 bits per heavy atom. The van der Waals surface area contributed by atoms with E-state index in [1.165, 1.54) is 4.90 Å². The summed E-state index contributed by atoms with van der Waals surface area (Å²) in [5.41, 5.74) is 4.37. The molecule has 0 aromatic carbocycles. The molecule has 2 N–H and O–H groups in total. The molecule has 4 nitrogen and oxygen atoms in total. The van der Waals surface area contributed by atoms with Crippen LogP contribution < -0.4 is 5.73 Å². The Morgan fingerprint density at radius 1 is 1.56 bits per heavy atom. The summed E-state index contributed by atoms with van der Waals surface area (Å²) in [6.45, 7) is 7.49. The smallest absolute Gasteiger partial charge is 0.410 e. The molecule has 94 valence electrons. The lowest BCUT2D eigenvalue weighted by Gasteiger charge is -2.39. The zero-order valence-corrected chi connectivity index (χ0v) is 10.4. The van der Waals surface area contributed by atoms with Crippen LogP contribution in [0.4, 0.5) is 9.18 Å². The van der Waals surface area contributed by atoms with E-state index in [9.17, 15) is 9.18 Å². The number of ether oxygens (including phenoxy) is 1. The van der Waals surface area contributed by atoms with Gasteiger partial charge in [0.25, 0.3) is 0 Å². The molecule has 16 heavy (non-hydrogen) atoms. The van der Waals surface area contributed by atoms with Gasteiger partial charge in [-0.05, 0) is 34.1 Å². The minimum absolute atomic E-state index is 0.0158. The van der Waals surface area contributed by atoms with Gasteiger partial charge in [0.1, 0.15) is 11.8 Å². The second-order valence-electron chi connectivity index (χ2n) is 5.65. The molecule has 1 heterocycles. The monoisotopic (exact) mass is 232 g/mol. The molecule has 2 unspecified atom stereocenters. The fraction of sp³-hybridized carbons (Fsp3) is 0.909. The first-order valence-corrected chi connectivity index (χ1v) is 5.53. The molecular weight excluding hydrogens is 211 g/mol. The highest BCUT2D eigenvalue weighted by Gasteiger charge is 2.39. The molecule has 5 heteroatoms. The minimum Gasteiger partial charge on any atom is -0.444 e. The van der Waals surface area contributed by atoms with E-state index >= 15 is 0 Å². The lowest BCUT2D eigenvalue weighted by atomic mass is 9.89. The fourth-order valence-corrected chi connectivity index (χ4v) is 1.52. The number of likely N-dealkylation sites (tertiary alicyclic amines) is 1. The molecule has 0 aromatic heterocycles. The molecular formula is C11H21FN2O2. The van der Waals surface area contributed by atoms with Gasteiger partial charge >= 0.3 is 6.09 Å². The van der Waals surface area contributed by atoms with Crippen LogP contribution in [0.1, 0.15) is 34.1 Å². The van der Waals surface area contributed by atoms with Crippen molar-refractivity contribution in [1.29, 1.82) is 0 Å². The van der Waals surface area contributed by atoms with Crippen molar-refractivity contribution in [1.82, 2.24) is 4.90 Å². The molecule has 1 fully saturated rings. The predicted molar refractivity (Wildman–Crippen MR) is 59.9 cm³/mol. The van der Waals surface area contributed by atoms with Crippen LogP contribution in [-0.4, -0.2) is 41.4 Å². The molecule has 0 bridgehead atoms. The molecule has 0 aromatic rings. The molecule has 0 aliphatic carbocycles. The highest BCUT2D eigenvalue weighted by molar-refractivity contribution is 5.68. The van der Waals surface area contributed by atoms with Crippen molar-refractivity contribution in [2.24, 2.45) is 5.73 Å². The number of carbonyl (C=O) groups excluding carboxylic acids is 1. The number of halogens is 1. The number of nitrogens with zero attached hydrogens (tertiary/aromatic N) is 1. The summed E-state index contributed by atoms with van der Waals surface area (Å²) >= 11 is 0. The molecule has 1 rings (SSSR count). The first-order valence-electron chi connectivity index (χ1n) is 5.53. The highest BCUT2D eigenvalue weighted by atomic mass is 19.1. The maximum absolute atomic E-state index is 13.6. The van der Waals surface area contributed by atoms with Crippen LogP contribution in [0, 0.1) is 0 Å². The second-order valence-corrected chi connectivity index (χ2v) is 5.65. The maximum Gasteiger partial charge on any atom is 0.410 e. The van der Waals surface area contributed by atoms with E-state index in [-0.39, 0.29) is 6.54 Å². The van der Waals surface area contributed by atoms with Gasteiger partial charge in [0.05, 0.1) is 6.54 Å².